The normalized spacial score (nSPS) is 21.6. The first-order valence-electron chi connectivity index (χ1n) is 14.0. The first-order valence-corrected chi connectivity index (χ1v) is 14.4. The second kappa shape index (κ2) is 12.6. The fourth-order valence-corrected chi connectivity index (χ4v) is 5.00. The number of halogens is 1. The summed E-state index contributed by atoms with van der Waals surface area (Å²) in [5.74, 6) is -1.13. The molecule has 1 aliphatic heterocycles. The molecule has 0 bridgehead atoms. The van der Waals surface area contributed by atoms with Crippen LogP contribution in [0.2, 0.25) is 5.02 Å². The van der Waals surface area contributed by atoms with Crippen LogP contribution >= 0.6 is 11.6 Å². The summed E-state index contributed by atoms with van der Waals surface area (Å²) in [4.78, 5) is 51.7. The van der Waals surface area contributed by atoms with Gasteiger partial charge >= 0.3 is 18.2 Å². The molecule has 1 heterocycles. The van der Waals surface area contributed by atoms with Gasteiger partial charge in [-0.2, -0.15) is 0 Å². The number of aliphatic hydroxyl groups is 1. The van der Waals surface area contributed by atoms with E-state index in [-0.39, 0.29) is 24.9 Å². The number of carbonyl (C=O) groups is 4. The lowest BCUT2D eigenvalue weighted by molar-refractivity contribution is -0.157. The molecule has 1 aromatic carbocycles. The van der Waals surface area contributed by atoms with Crippen LogP contribution in [-0.4, -0.2) is 77.7 Å². The summed E-state index contributed by atoms with van der Waals surface area (Å²) in [6.07, 6.45) is 0.269. The Bertz CT molecular complexity index is 1170. The number of likely N-dealkylation sites (tertiary alicyclic amines) is 1. The molecule has 2 fully saturated rings. The summed E-state index contributed by atoms with van der Waals surface area (Å²) < 4.78 is 14.8. The van der Waals surface area contributed by atoms with E-state index in [2.05, 4.69) is 10.6 Å². The highest BCUT2D eigenvalue weighted by Crippen LogP contribution is 2.46. The van der Waals surface area contributed by atoms with Crippen molar-refractivity contribution in [1.82, 2.24) is 15.5 Å². The summed E-state index contributed by atoms with van der Waals surface area (Å²) >= 11 is 6.03. The number of hydrogen-bond acceptors (Lipinski definition) is 9. The van der Waals surface area contributed by atoms with Gasteiger partial charge in [0.05, 0.1) is 12.1 Å². The maximum atomic E-state index is 13.6. The van der Waals surface area contributed by atoms with Crippen molar-refractivity contribution in [3.05, 3.63) is 34.9 Å². The fraction of sp³-hybridized carbons (Fsp3) is 0.655. The average Bonchev–Trinajstić information content (AvgIpc) is 3.65. The monoisotopic (exact) mass is 610 g/mol. The Hall–Kier alpha value is -3.09. The average molecular weight is 611 g/mol. The number of urea groups is 1. The number of amides is 3. The SMILES string of the molecule is CC(C)C(NC(=O)NCC(C)(C)OC(=O)OCOC(=O)C1(N)CC1)C(=O)N1CCC(O)(c2ccc(Cl)cc2)C(C)(C)C1. The summed E-state index contributed by atoms with van der Waals surface area (Å²) in [5.41, 5.74) is 2.43. The molecule has 0 spiro atoms. The first-order chi connectivity index (χ1) is 19.4. The molecule has 3 rings (SSSR count). The van der Waals surface area contributed by atoms with Crippen molar-refractivity contribution in [2.45, 2.75) is 83.6 Å². The predicted octanol–water partition coefficient (Wildman–Crippen LogP) is 3.03. The Kier molecular flexibility index (Phi) is 10.1. The predicted molar refractivity (Wildman–Crippen MR) is 154 cm³/mol. The maximum Gasteiger partial charge on any atom is 0.511 e. The van der Waals surface area contributed by atoms with E-state index in [1.54, 1.807) is 43.0 Å². The van der Waals surface area contributed by atoms with E-state index < -0.39 is 53.1 Å². The molecule has 1 saturated heterocycles. The van der Waals surface area contributed by atoms with Crippen LogP contribution in [0.1, 0.15) is 66.4 Å². The second-order valence-electron chi connectivity index (χ2n) is 12.8. The maximum absolute atomic E-state index is 13.6. The third kappa shape index (κ3) is 8.05. The molecule has 0 aromatic heterocycles. The van der Waals surface area contributed by atoms with E-state index in [0.29, 0.717) is 30.8 Å². The molecule has 1 aromatic rings. The van der Waals surface area contributed by atoms with Gasteiger partial charge in [-0.25, -0.2) is 14.4 Å². The molecule has 0 radical (unpaired) electrons. The van der Waals surface area contributed by atoms with Crippen LogP contribution in [0.5, 0.6) is 0 Å². The molecule has 42 heavy (non-hydrogen) atoms. The summed E-state index contributed by atoms with van der Waals surface area (Å²) in [6, 6.07) is 5.62. The minimum atomic E-state index is -1.18. The van der Waals surface area contributed by atoms with E-state index in [4.69, 9.17) is 31.5 Å². The van der Waals surface area contributed by atoms with Crippen LogP contribution in [0.15, 0.2) is 24.3 Å². The van der Waals surface area contributed by atoms with Gasteiger partial charge in [0.25, 0.3) is 0 Å². The first kappa shape index (κ1) is 33.4. The van der Waals surface area contributed by atoms with Crippen molar-refractivity contribution in [3.8, 4) is 0 Å². The van der Waals surface area contributed by atoms with Crippen LogP contribution in [0.3, 0.4) is 0 Å². The quantitative estimate of drug-likeness (QED) is 0.230. The van der Waals surface area contributed by atoms with Gasteiger partial charge in [0.1, 0.15) is 17.2 Å². The highest BCUT2D eigenvalue weighted by Gasteiger charge is 2.50. The smallest absolute Gasteiger partial charge is 0.426 e. The minimum Gasteiger partial charge on any atom is -0.426 e. The summed E-state index contributed by atoms with van der Waals surface area (Å²) in [7, 11) is 0. The molecular formula is C29H43ClN4O8. The number of carbonyl (C=O) groups excluding carboxylic acids is 4. The van der Waals surface area contributed by atoms with E-state index in [1.165, 1.54) is 0 Å². The molecule has 12 nitrogen and oxygen atoms in total. The number of nitrogens with two attached hydrogens (primary N) is 1. The molecule has 2 unspecified atom stereocenters. The molecule has 13 heteroatoms. The number of nitrogens with zero attached hydrogens (tertiary/aromatic N) is 1. The molecule has 5 N–H and O–H groups in total. The van der Waals surface area contributed by atoms with Gasteiger partial charge in [0.15, 0.2) is 0 Å². The van der Waals surface area contributed by atoms with E-state index in [1.807, 2.05) is 27.7 Å². The highest BCUT2D eigenvalue weighted by molar-refractivity contribution is 6.30. The molecule has 3 amide bonds. The molecular weight excluding hydrogens is 568 g/mol. The number of piperidine rings is 1. The molecule has 2 aliphatic rings. The number of ether oxygens (including phenoxy) is 3. The Morgan fingerprint density at radius 1 is 1.10 bits per heavy atom. The van der Waals surface area contributed by atoms with Crippen molar-refractivity contribution >= 4 is 35.7 Å². The molecule has 234 valence electrons. The van der Waals surface area contributed by atoms with Gasteiger partial charge in [-0.1, -0.05) is 51.4 Å². The Morgan fingerprint density at radius 3 is 2.26 bits per heavy atom. The van der Waals surface area contributed by atoms with Crippen molar-refractivity contribution in [3.63, 3.8) is 0 Å². The summed E-state index contributed by atoms with van der Waals surface area (Å²) in [6.45, 7) is 10.4. The van der Waals surface area contributed by atoms with E-state index in [9.17, 15) is 24.3 Å². The zero-order valence-corrected chi connectivity index (χ0v) is 25.9. The molecule has 2 atom stereocenters. The van der Waals surface area contributed by atoms with Gasteiger partial charge in [0.2, 0.25) is 12.7 Å². The van der Waals surface area contributed by atoms with Gasteiger partial charge in [-0.15, -0.1) is 0 Å². The fourth-order valence-electron chi connectivity index (χ4n) is 4.87. The van der Waals surface area contributed by atoms with Crippen LogP contribution in [0.25, 0.3) is 0 Å². The largest absolute Gasteiger partial charge is 0.511 e. The van der Waals surface area contributed by atoms with Crippen LogP contribution in [0.4, 0.5) is 9.59 Å². The molecule has 1 saturated carbocycles. The Morgan fingerprint density at radius 2 is 1.71 bits per heavy atom. The van der Waals surface area contributed by atoms with Crippen LogP contribution in [0, 0.1) is 11.3 Å². The van der Waals surface area contributed by atoms with Gasteiger partial charge < -0.3 is 40.6 Å². The minimum absolute atomic E-state index is 0.0937. The standard InChI is InChI=1S/C29H43ClN4O8/c1-18(2)21(22(35)34-14-13-29(39,26(3,4)16-34)19-7-9-20(30)10-8-19)33-24(37)32-15-27(5,6)42-25(38)41-17-40-23(36)28(31)11-12-28/h7-10,18,21,39H,11-17,31H2,1-6H3,(H2,32,33,37). The van der Waals surface area contributed by atoms with Gasteiger partial charge in [-0.05, 0) is 56.7 Å². The van der Waals surface area contributed by atoms with Crippen molar-refractivity contribution in [2.24, 2.45) is 17.1 Å². The zero-order valence-electron chi connectivity index (χ0n) is 25.1. The number of esters is 1. The zero-order chi connectivity index (χ0) is 31.5. The lowest BCUT2D eigenvalue weighted by Gasteiger charge is -2.51. The second-order valence-corrected chi connectivity index (χ2v) is 13.2. The van der Waals surface area contributed by atoms with Crippen molar-refractivity contribution < 1.29 is 38.5 Å². The van der Waals surface area contributed by atoms with Gasteiger partial charge in [0, 0.05) is 23.5 Å². The molecule has 1 aliphatic carbocycles. The third-order valence-electron chi connectivity index (χ3n) is 7.90. The number of hydrogen-bond donors (Lipinski definition) is 4. The third-order valence-corrected chi connectivity index (χ3v) is 8.15. The number of nitrogens with one attached hydrogen (secondary N) is 2. The number of benzene rings is 1. The Labute approximate surface area is 251 Å². The Balaban J connectivity index is 1.51. The topological polar surface area (TPSA) is 170 Å². The highest BCUT2D eigenvalue weighted by atomic mass is 35.5. The summed E-state index contributed by atoms with van der Waals surface area (Å²) in [5, 5.41) is 17.6. The van der Waals surface area contributed by atoms with Crippen LogP contribution < -0.4 is 16.4 Å². The van der Waals surface area contributed by atoms with Crippen molar-refractivity contribution in [2.75, 3.05) is 26.4 Å². The van der Waals surface area contributed by atoms with E-state index in [0.717, 1.165) is 5.56 Å². The number of rotatable bonds is 10. The lowest BCUT2D eigenvalue weighted by Crippen LogP contribution is -2.61. The van der Waals surface area contributed by atoms with Crippen LogP contribution in [-0.2, 0) is 29.4 Å². The van der Waals surface area contributed by atoms with Gasteiger partial charge in [-0.3, -0.25) is 4.79 Å². The van der Waals surface area contributed by atoms with E-state index >= 15 is 0 Å². The lowest BCUT2D eigenvalue weighted by atomic mass is 9.66. The van der Waals surface area contributed by atoms with Crippen molar-refractivity contribution in [1.29, 1.82) is 0 Å².